The monoisotopic (exact) mass is 263 g/mol. The SMILES string of the molecule is CCOC(=O)CN1CC2(Cc3ccc(O)cc3O2)C1. The Labute approximate surface area is 111 Å². The van der Waals surface area contributed by atoms with E-state index in [0.717, 1.165) is 30.8 Å². The summed E-state index contributed by atoms with van der Waals surface area (Å²) in [5, 5.41) is 9.44. The predicted molar refractivity (Wildman–Crippen MR) is 68.2 cm³/mol. The van der Waals surface area contributed by atoms with E-state index in [9.17, 15) is 9.90 Å². The third kappa shape index (κ3) is 2.26. The molecule has 0 aliphatic carbocycles. The van der Waals surface area contributed by atoms with Crippen LogP contribution >= 0.6 is 0 Å². The van der Waals surface area contributed by atoms with E-state index in [1.807, 2.05) is 11.0 Å². The average molecular weight is 263 g/mol. The van der Waals surface area contributed by atoms with Crippen molar-refractivity contribution in [1.82, 2.24) is 4.90 Å². The molecule has 0 unspecified atom stereocenters. The highest BCUT2D eigenvalue weighted by molar-refractivity contribution is 5.71. The quantitative estimate of drug-likeness (QED) is 0.823. The molecule has 0 aromatic heterocycles. The van der Waals surface area contributed by atoms with Crippen molar-refractivity contribution in [1.29, 1.82) is 0 Å². The summed E-state index contributed by atoms with van der Waals surface area (Å²) in [4.78, 5) is 13.4. The fourth-order valence-corrected chi connectivity index (χ4v) is 2.85. The Morgan fingerprint density at radius 2 is 2.32 bits per heavy atom. The number of carbonyl (C=O) groups excluding carboxylic acids is 1. The number of fused-ring (bicyclic) bond motifs is 1. The molecule has 19 heavy (non-hydrogen) atoms. The van der Waals surface area contributed by atoms with Crippen molar-refractivity contribution in [3.8, 4) is 11.5 Å². The standard InChI is InChI=1S/C14H17NO4/c1-2-18-13(17)7-15-8-14(9-15)6-10-3-4-11(16)5-12(10)19-14/h3-5,16H,2,6-9H2,1H3. The molecule has 1 N–H and O–H groups in total. The van der Waals surface area contributed by atoms with Crippen LogP contribution in [0, 0.1) is 0 Å². The van der Waals surface area contributed by atoms with Crippen LogP contribution in [0.4, 0.5) is 0 Å². The third-order valence-electron chi connectivity index (χ3n) is 3.57. The van der Waals surface area contributed by atoms with E-state index in [1.54, 1.807) is 19.1 Å². The Bertz CT molecular complexity index is 508. The van der Waals surface area contributed by atoms with E-state index in [1.165, 1.54) is 0 Å². The number of likely N-dealkylation sites (tertiary alicyclic amines) is 1. The van der Waals surface area contributed by atoms with Gasteiger partial charge in [0.1, 0.15) is 17.1 Å². The Morgan fingerprint density at radius 1 is 1.53 bits per heavy atom. The van der Waals surface area contributed by atoms with Crippen molar-refractivity contribution in [3.05, 3.63) is 23.8 Å². The molecule has 5 nitrogen and oxygen atoms in total. The van der Waals surface area contributed by atoms with Gasteiger partial charge in [-0.25, -0.2) is 0 Å². The first kappa shape index (κ1) is 12.3. The van der Waals surface area contributed by atoms with Crippen molar-refractivity contribution in [2.45, 2.75) is 18.9 Å². The number of ether oxygens (including phenoxy) is 2. The summed E-state index contributed by atoms with van der Waals surface area (Å²) >= 11 is 0. The fourth-order valence-electron chi connectivity index (χ4n) is 2.85. The first-order chi connectivity index (χ1) is 9.10. The fraction of sp³-hybridized carbons (Fsp3) is 0.500. The zero-order valence-corrected chi connectivity index (χ0v) is 10.9. The maximum Gasteiger partial charge on any atom is 0.320 e. The molecule has 5 heteroatoms. The molecule has 1 saturated heterocycles. The van der Waals surface area contributed by atoms with Gasteiger partial charge in [-0.3, -0.25) is 9.69 Å². The maximum absolute atomic E-state index is 11.4. The summed E-state index contributed by atoms with van der Waals surface area (Å²) < 4.78 is 10.9. The van der Waals surface area contributed by atoms with Crippen LogP contribution in [0.3, 0.4) is 0 Å². The largest absolute Gasteiger partial charge is 0.508 e. The van der Waals surface area contributed by atoms with Gasteiger partial charge in [0.15, 0.2) is 0 Å². The number of hydrogen-bond donors (Lipinski definition) is 1. The molecule has 0 amide bonds. The number of benzene rings is 1. The molecule has 2 aliphatic heterocycles. The van der Waals surface area contributed by atoms with Crippen LogP contribution in [-0.4, -0.2) is 47.8 Å². The number of aromatic hydroxyl groups is 1. The Kier molecular flexibility index (Phi) is 2.86. The second-order valence-electron chi connectivity index (χ2n) is 5.20. The minimum Gasteiger partial charge on any atom is -0.508 e. The van der Waals surface area contributed by atoms with Crippen LogP contribution in [-0.2, 0) is 16.0 Å². The summed E-state index contributed by atoms with van der Waals surface area (Å²) in [5.74, 6) is 0.791. The van der Waals surface area contributed by atoms with E-state index >= 15 is 0 Å². The first-order valence-electron chi connectivity index (χ1n) is 6.49. The minimum atomic E-state index is -0.220. The highest BCUT2D eigenvalue weighted by Crippen LogP contribution is 2.41. The lowest BCUT2D eigenvalue weighted by atomic mass is 9.89. The molecule has 102 valence electrons. The Morgan fingerprint density at radius 3 is 3.05 bits per heavy atom. The summed E-state index contributed by atoms with van der Waals surface area (Å²) in [6.07, 6.45) is 0.835. The van der Waals surface area contributed by atoms with Gasteiger partial charge in [0.25, 0.3) is 0 Å². The molecule has 1 spiro atoms. The summed E-state index contributed by atoms with van der Waals surface area (Å²) in [6.45, 7) is 3.99. The molecule has 0 atom stereocenters. The van der Waals surface area contributed by atoms with Crippen LogP contribution in [0.25, 0.3) is 0 Å². The molecular weight excluding hydrogens is 246 g/mol. The van der Waals surface area contributed by atoms with Crippen LogP contribution in [0.5, 0.6) is 11.5 Å². The predicted octanol–water partition coefficient (Wildman–Crippen LogP) is 0.945. The molecular formula is C14H17NO4. The van der Waals surface area contributed by atoms with E-state index < -0.39 is 0 Å². The lowest BCUT2D eigenvalue weighted by molar-refractivity contribution is -0.149. The Hall–Kier alpha value is -1.75. The van der Waals surface area contributed by atoms with Gasteiger partial charge in [-0.1, -0.05) is 6.07 Å². The molecule has 1 aromatic rings. The van der Waals surface area contributed by atoms with Gasteiger partial charge in [0, 0.05) is 25.6 Å². The highest BCUT2D eigenvalue weighted by atomic mass is 16.5. The molecule has 2 heterocycles. The molecule has 3 rings (SSSR count). The van der Waals surface area contributed by atoms with Gasteiger partial charge in [-0.05, 0) is 18.6 Å². The molecule has 0 radical (unpaired) electrons. The number of hydrogen-bond acceptors (Lipinski definition) is 5. The molecule has 0 saturated carbocycles. The number of phenols is 1. The summed E-state index contributed by atoms with van der Waals surface area (Å²) in [6, 6.07) is 5.22. The van der Waals surface area contributed by atoms with Crippen LogP contribution in [0.15, 0.2) is 18.2 Å². The lowest BCUT2D eigenvalue weighted by Gasteiger charge is -2.46. The number of rotatable bonds is 3. The maximum atomic E-state index is 11.4. The zero-order valence-electron chi connectivity index (χ0n) is 10.9. The highest BCUT2D eigenvalue weighted by Gasteiger charge is 2.49. The second kappa shape index (κ2) is 4.42. The van der Waals surface area contributed by atoms with Gasteiger partial charge < -0.3 is 14.6 Å². The number of nitrogens with zero attached hydrogens (tertiary/aromatic N) is 1. The summed E-state index contributed by atoms with van der Waals surface area (Å²) in [5.41, 5.74) is 0.899. The molecule has 1 aromatic carbocycles. The van der Waals surface area contributed by atoms with E-state index in [0.29, 0.717) is 13.2 Å². The smallest absolute Gasteiger partial charge is 0.320 e. The average Bonchev–Trinajstić information content (AvgIpc) is 2.67. The number of carbonyl (C=O) groups is 1. The molecule has 1 fully saturated rings. The molecule has 0 bridgehead atoms. The van der Waals surface area contributed by atoms with Crippen molar-refractivity contribution < 1.29 is 19.4 Å². The number of esters is 1. The van der Waals surface area contributed by atoms with Crippen LogP contribution in [0.1, 0.15) is 12.5 Å². The van der Waals surface area contributed by atoms with Gasteiger partial charge in [-0.2, -0.15) is 0 Å². The lowest BCUT2D eigenvalue weighted by Crippen LogP contribution is -2.65. The van der Waals surface area contributed by atoms with Crippen molar-refractivity contribution in [3.63, 3.8) is 0 Å². The van der Waals surface area contributed by atoms with Crippen molar-refractivity contribution in [2.24, 2.45) is 0 Å². The second-order valence-corrected chi connectivity index (χ2v) is 5.20. The third-order valence-corrected chi connectivity index (χ3v) is 3.57. The summed E-state index contributed by atoms with van der Waals surface area (Å²) in [7, 11) is 0. The van der Waals surface area contributed by atoms with Gasteiger partial charge in [0.05, 0.1) is 13.2 Å². The van der Waals surface area contributed by atoms with Crippen molar-refractivity contribution >= 4 is 5.97 Å². The van der Waals surface area contributed by atoms with E-state index in [-0.39, 0.29) is 17.3 Å². The van der Waals surface area contributed by atoms with Crippen LogP contribution < -0.4 is 4.74 Å². The zero-order chi connectivity index (χ0) is 13.5. The minimum absolute atomic E-state index is 0.189. The Balaban J connectivity index is 1.58. The van der Waals surface area contributed by atoms with Crippen molar-refractivity contribution in [2.75, 3.05) is 26.2 Å². The number of phenolic OH excluding ortho intramolecular Hbond substituents is 1. The van der Waals surface area contributed by atoms with Gasteiger partial charge in [-0.15, -0.1) is 0 Å². The van der Waals surface area contributed by atoms with Gasteiger partial charge >= 0.3 is 5.97 Å². The van der Waals surface area contributed by atoms with Crippen LogP contribution in [0.2, 0.25) is 0 Å². The first-order valence-corrected chi connectivity index (χ1v) is 6.49. The van der Waals surface area contributed by atoms with E-state index in [2.05, 4.69) is 0 Å². The topological polar surface area (TPSA) is 59.0 Å². The molecule has 2 aliphatic rings. The van der Waals surface area contributed by atoms with E-state index in [4.69, 9.17) is 9.47 Å². The normalized spacial score (nSPS) is 19.6. The van der Waals surface area contributed by atoms with Gasteiger partial charge in [0.2, 0.25) is 0 Å².